The van der Waals surface area contributed by atoms with Crippen LogP contribution in [0.15, 0.2) is 11.6 Å². The van der Waals surface area contributed by atoms with Crippen LogP contribution in [0.2, 0.25) is 0 Å². The van der Waals surface area contributed by atoms with Crippen molar-refractivity contribution in [2.24, 2.45) is 11.8 Å². The van der Waals surface area contributed by atoms with Gasteiger partial charge in [-0.15, -0.1) is 0 Å². The molecule has 0 aromatic heterocycles. The third-order valence-corrected chi connectivity index (χ3v) is 6.97. The highest BCUT2D eigenvalue weighted by Crippen LogP contribution is 2.46. The average molecular weight is 431 g/mol. The fraction of sp³-hybridized carbons (Fsp3) is 0.900. The lowest BCUT2D eigenvalue weighted by atomic mass is 9.69. The number of allylic oxidation sites excluding steroid dienone is 1. The monoisotopic (exact) mass is 431 g/mol. The molecule has 0 N–H and O–H groups in total. The number of likely N-dealkylation sites (N-methyl/N-ethyl adjacent to an activating group) is 1. The topological polar surface area (TPSA) is 9.23 Å². The van der Waals surface area contributed by atoms with Crippen LogP contribution in [0.1, 0.15) is 64.2 Å². The molecular weight excluding hydrogens is 397 g/mol. The number of piperidine rings is 1. The summed E-state index contributed by atoms with van der Waals surface area (Å²) in [6.07, 6.45) is 17.6. The first-order valence-electron chi connectivity index (χ1n) is 9.94. The summed E-state index contributed by atoms with van der Waals surface area (Å²) < 4.78 is 8.04. The van der Waals surface area contributed by atoms with E-state index in [9.17, 15) is 0 Å². The Morgan fingerprint density at radius 1 is 0.957 bits per heavy atom. The van der Waals surface area contributed by atoms with Crippen molar-refractivity contribution in [1.82, 2.24) is 0 Å². The zero-order valence-electron chi connectivity index (χ0n) is 14.8. The van der Waals surface area contributed by atoms with E-state index in [-0.39, 0.29) is 24.0 Å². The van der Waals surface area contributed by atoms with E-state index in [1.165, 1.54) is 88.3 Å². The smallest absolute Gasteiger partial charge is 0.113 e. The van der Waals surface area contributed by atoms with Crippen LogP contribution in [0.5, 0.6) is 0 Å². The van der Waals surface area contributed by atoms with E-state index in [1.54, 1.807) is 0 Å². The van der Waals surface area contributed by atoms with Crippen molar-refractivity contribution < 1.29 is 33.2 Å². The number of quaternary nitrogens is 1. The van der Waals surface area contributed by atoms with Gasteiger partial charge in [0.15, 0.2) is 0 Å². The number of nitrogens with zero attached hydrogens (tertiary/aromatic N) is 1. The Morgan fingerprint density at radius 3 is 2.52 bits per heavy atom. The molecular formula is C20H34INO. The molecule has 132 valence electrons. The molecule has 2 saturated heterocycles. The van der Waals surface area contributed by atoms with Gasteiger partial charge in [0.05, 0.1) is 26.2 Å². The summed E-state index contributed by atoms with van der Waals surface area (Å²) >= 11 is 0. The Hall–Kier alpha value is 0.390. The van der Waals surface area contributed by atoms with E-state index in [4.69, 9.17) is 4.74 Å². The Labute approximate surface area is 159 Å². The van der Waals surface area contributed by atoms with E-state index in [2.05, 4.69) is 13.1 Å². The van der Waals surface area contributed by atoms with Crippen LogP contribution in [0.25, 0.3) is 0 Å². The fourth-order valence-electron chi connectivity index (χ4n) is 5.77. The molecule has 0 aromatic carbocycles. The SMILES string of the molecule is C[N+]1(CC2OC3CCCCC3C3=CCCCC32)CCCCC1.[I-]. The summed E-state index contributed by atoms with van der Waals surface area (Å²) in [4.78, 5) is 0. The maximum atomic E-state index is 6.77. The van der Waals surface area contributed by atoms with Crippen LogP contribution in [0, 0.1) is 11.8 Å². The van der Waals surface area contributed by atoms with Crippen LogP contribution in [-0.2, 0) is 4.74 Å². The van der Waals surface area contributed by atoms with Gasteiger partial charge in [-0.1, -0.05) is 24.5 Å². The van der Waals surface area contributed by atoms with Gasteiger partial charge in [-0.3, -0.25) is 0 Å². The van der Waals surface area contributed by atoms with Crippen LogP contribution in [-0.4, -0.2) is 43.4 Å². The van der Waals surface area contributed by atoms with Gasteiger partial charge in [-0.25, -0.2) is 0 Å². The van der Waals surface area contributed by atoms with E-state index >= 15 is 0 Å². The Kier molecular flexibility index (Phi) is 6.12. The molecule has 3 heteroatoms. The van der Waals surface area contributed by atoms with E-state index in [0.29, 0.717) is 12.2 Å². The van der Waals surface area contributed by atoms with Crippen molar-refractivity contribution in [3.05, 3.63) is 11.6 Å². The highest BCUT2D eigenvalue weighted by Gasteiger charge is 2.45. The number of likely N-dealkylation sites (tertiary alicyclic amines) is 1. The Balaban J connectivity index is 0.00000156. The fourth-order valence-corrected chi connectivity index (χ4v) is 5.77. The zero-order chi connectivity index (χ0) is 15.0. The van der Waals surface area contributed by atoms with Crippen molar-refractivity contribution in [3.63, 3.8) is 0 Å². The second-order valence-electron chi connectivity index (χ2n) is 8.66. The first-order chi connectivity index (χ1) is 10.8. The summed E-state index contributed by atoms with van der Waals surface area (Å²) in [6.45, 7) is 4.02. The predicted octanol–water partition coefficient (Wildman–Crippen LogP) is 1.31. The highest BCUT2D eigenvalue weighted by molar-refractivity contribution is 5.20. The van der Waals surface area contributed by atoms with Crippen molar-refractivity contribution in [2.75, 3.05) is 26.7 Å². The summed E-state index contributed by atoms with van der Waals surface area (Å²) in [6, 6.07) is 0. The minimum atomic E-state index is 0. The number of hydrogen-bond donors (Lipinski definition) is 0. The molecule has 2 aliphatic heterocycles. The molecule has 0 radical (unpaired) electrons. The lowest BCUT2D eigenvalue weighted by Crippen LogP contribution is -3.00. The standard InChI is InChI=1S/C20H34NO.HI/c1-21(13-7-2-8-14-21)15-20-18-11-4-3-9-16(18)17-10-5-6-12-19(17)22-20;/h9,17-20H,2-8,10-15H2,1H3;1H/q+1;/p-1. The third kappa shape index (κ3) is 3.82. The lowest BCUT2D eigenvalue weighted by Gasteiger charge is -2.50. The largest absolute Gasteiger partial charge is 1.00 e. The van der Waals surface area contributed by atoms with Crippen LogP contribution in [0.3, 0.4) is 0 Å². The Bertz CT molecular complexity index is 429. The molecule has 3 fully saturated rings. The summed E-state index contributed by atoms with van der Waals surface area (Å²) in [5.74, 6) is 1.53. The highest BCUT2D eigenvalue weighted by atomic mass is 127. The van der Waals surface area contributed by atoms with Crippen molar-refractivity contribution >= 4 is 0 Å². The van der Waals surface area contributed by atoms with Gasteiger partial charge in [0.2, 0.25) is 0 Å². The molecule has 23 heavy (non-hydrogen) atoms. The molecule has 4 rings (SSSR count). The maximum absolute atomic E-state index is 6.77. The number of fused-ring (bicyclic) bond motifs is 3. The molecule has 2 aliphatic carbocycles. The second-order valence-corrected chi connectivity index (χ2v) is 8.66. The van der Waals surface area contributed by atoms with Gasteiger partial charge in [-0.2, -0.15) is 0 Å². The molecule has 4 unspecified atom stereocenters. The quantitative estimate of drug-likeness (QED) is 0.364. The molecule has 4 aliphatic rings. The van der Waals surface area contributed by atoms with E-state index in [0.717, 1.165) is 11.8 Å². The Morgan fingerprint density at radius 2 is 1.70 bits per heavy atom. The summed E-state index contributed by atoms with van der Waals surface area (Å²) in [5, 5.41) is 0. The van der Waals surface area contributed by atoms with Crippen LogP contribution >= 0.6 is 0 Å². The minimum absolute atomic E-state index is 0. The zero-order valence-corrected chi connectivity index (χ0v) is 17.0. The van der Waals surface area contributed by atoms with Gasteiger partial charge < -0.3 is 33.2 Å². The molecule has 0 bridgehead atoms. The van der Waals surface area contributed by atoms with Crippen LogP contribution in [0.4, 0.5) is 0 Å². The normalized spacial score (nSPS) is 39.4. The predicted molar refractivity (Wildman–Crippen MR) is 90.7 cm³/mol. The van der Waals surface area contributed by atoms with Crippen LogP contribution < -0.4 is 24.0 Å². The van der Waals surface area contributed by atoms with Gasteiger partial charge in [-0.05, 0) is 51.4 Å². The van der Waals surface area contributed by atoms with Gasteiger partial charge in [0.25, 0.3) is 0 Å². The lowest BCUT2D eigenvalue weighted by molar-refractivity contribution is -0.917. The molecule has 0 spiro atoms. The second kappa shape index (κ2) is 7.74. The molecule has 2 nitrogen and oxygen atoms in total. The molecule has 4 atom stereocenters. The number of rotatable bonds is 2. The molecule has 2 heterocycles. The van der Waals surface area contributed by atoms with Gasteiger partial charge in [0, 0.05) is 11.8 Å². The summed E-state index contributed by atoms with van der Waals surface area (Å²) in [5.41, 5.74) is 1.83. The molecule has 1 saturated carbocycles. The van der Waals surface area contributed by atoms with Crippen molar-refractivity contribution in [2.45, 2.75) is 76.4 Å². The van der Waals surface area contributed by atoms with Gasteiger partial charge >= 0.3 is 0 Å². The van der Waals surface area contributed by atoms with Gasteiger partial charge in [0.1, 0.15) is 12.6 Å². The van der Waals surface area contributed by atoms with E-state index < -0.39 is 0 Å². The first kappa shape index (κ1) is 18.2. The molecule has 0 aromatic rings. The average Bonchev–Trinajstić information content (AvgIpc) is 2.55. The van der Waals surface area contributed by atoms with Crippen molar-refractivity contribution in [3.8, 4) is 0 Å². The first-order valence-corrected chi connectivity index (χ1v) is 9.94. The number of halogens is 1. The number of ether oxygens (including phenoxy) is 1. The maximum Gasteiger partial charge on any atom is 0.113 e. The minimum Gasteiger partial charge on any atom is -1.00 e. The third-order valence-electron chi connectivity index (χ3n) is 6.97. The summed E-state index contributed by atoms with van der Waals surface area (Å²) in [7, 11) is 2.49. The number of hydrogen-bond acceptors (Lipinski definition) is 1. The van der Waals surface area contributed by atoms with E-state index in [1.807, 2.05) is 5.57 Å². The van der Waals surface area contributed by atoms with Crippen molar-refractivity contribution in [1.29, 1.82) is 0 Å². The molecule has 0 amide bonds.